The van der Waals surface area contributed by atoms with E-state index in [1.807, 2.05) is 13.0 Å². The number of halogens is 1. The summed E-state index contributed by atoms with van der Waals surface area (Å²) in [5.41, 5.74) is 1.35. The van der Waals surface area contributed by atoms with Crippen molar-refractivity contribution in [3.8, 4) is 0 Å². The van der Waals surface area contributed by atoms with Gasteiger partial charge in [-0.05, 0) is 31.7 Å². The number of aliphatic imine (C=N–C) groups is 1. The van der Waals surface area contributed by atoms with E-state index in [4.69, 9.17) is 4.74 Å². The number of nitrogens with zero attached hydrogens (tertiary/aromatic N) is 2. The zero-order chi connectivity index (χ0) is 18.8. The second-order valence-electron chi connectivity index (χ2n) is 6.57. The lowest BCUT2D eigenvalue weighted by atomic mass is 9.96. The fraction of sp³-hybridized carbons (Fsp3) is 0.600. The molecule has 0 aromatic heterocycles. The number of hydrogen-bond donors (Lipinski definition) is 2. The zero-order valence-corrected chi connectivity index (χ0v) is 18.9. The Bertz CT molecular complexity index is 575. The van der Waals surface area contributed by atoms with E-state index in [2.05, 4.69) is 46.8 Å². The lowest BCUT2D eigenvalue weighted by Gasteiger charge is -2.32. The number of ether oxygens (including phenoxy) is 1. The van der Waals surface area contributed by atoms with Crippen LogP contribution in [0.25, 0.3) is 0 Å². The molecule has 7 heteroatoms. The summed E-state index contributed by atoms with van der Waals surface area (Å²) in [4.78, 5) is 17.9. The van der Waals surface area contributed by atoms with Crippen LogP contribution in [-0.4, -0.2) is 56.3 Å². The largest absolute Gasteiger partial charge is 0.450 e. The minimum atomic E-state index is -0.206. The number of piperidine rings is 1. The van der Waals surface area contributed by atoms with Gasteiger partial charge in [-0.3, -0.25) is 4.99 Å². The molecule has 1 aliphatic heterocycles. The zero-order valence-electron chi connectivity index (χ0n) is 16.6. The molecule has 1 saturated heterocycles. The van der Waals surface area contributed by atoms with Gasteiger partial charge in [-0.2, -0.15) is 0 Å². The SMILES string of the molecule is CCOC(=O)N1CCC(NC(=NC)NCC(CC)c2ccccc2)CC1.I. The van der Waals surface area contributed by atoms with E-state index in [0.717, 1.165) is 44.9 Å². The maximum absolute atomic E-state index is 11.8. The summed E-state index contributed by atoms with van der Waals surface area (Å²) in [7, 11) is 1.80. The number of guanidine groups is 1. The third-order valence-electron chi connectivity index (χ3n) is 4.87. The van der Waals surface area contributed by atoms with Crippen LogP contribution in [0.1, 0.15) is 44.6 Å². The molecule has 2 rings (SSSR count). The summed E-state index contributed by atoms with van der Waals surface area (Å²) in [6.45, 7) is 6.75. The molecule has 1 aromatic rings. The molecule has 6 nitrogen and oxygen atoms in total. The first-order valence-electron chi connectivity index (χ1n) is 9.61. The number of nitrogens with one attached hydrogen (secondary N) is 2. The Hall–Kier alpha value is -1.51. The minimum Gasteiger partial charge on any atom is -0.450 e. The monoisotopic (exact) mass is 488 g/mol. The van der Waals surface area contributed by atoms with E-state index in [1.165, 1.54) is 5.56 Å². The predicted molar refractivity (Wildman–Crippen MR) is 121 cm³/mol. The third-order valence-corrected chi connectivity index (χ3v) is 4.87. The molecule has 2 N–H and O–H groups in total. The van der Waals surface area contributed by atoms with Crippen molar-refractivity contribution in [1.29, 1.82) is 0 Å². The molecule has 0 radical (unpaired) electrons. The van der Waals surface area contributed by atoms with Gasteiger partial charge in [0.05, 0.1) is 6.61 Å². The van der Waals surface area contributed by atoms with Crippen molar-refractivity contribution in [3.63, 3.8) is 0 Å². The number of carbonyl (C=O) groups excluding carboxylic acids is 1. The van der Waals surface area contributed by atoms with Crippen molar-refractivity contribution < 1.29 is 9.53 Å². The summed E-state index contributed by atoms with van der Waals surface area (Å²) < 4.78 is 5.07. The topological polar surface area (TPSA) is 66.0 Å². The number of benzene rings is 1. The van der Waals surface area contributed by atoms with Crippen LogP contribution in [0.4, 0.5) is 4.79 Å². The van der Waals surface area contributed by atoms with Gasteiger partial charge in [0.25, 0.3) is 0 Å². The van der Waals surface area contributed by atoms with Gasteiger partial charge < -0.3 is 20.3 Å². The second-order valence-corrected chi connectivity index (χ2v) is 6.57. The van der Waals surface area contributed by atoms with E-state index in [1.54, 1.807) is 11.9 Å². The highest BCUT2D eigenvalue weighted by atomic mass is 127. The Kier molecular flexibility index (Phi) is 11.2. The van der Waals surface area contributed by atoms with Crippen molar-refractivity contribution >= 4 is 36.0 Å². The van der Waals surface area contributed by atoms with Crippen LogP contribution in [0.3, 0.4) is 0 Å². The average molecular weight is 488 g/mol. The van der Waals surface area contributed by atoms with Crippen LogP contribution >= 0.6 is 24.0 Å². The molecule has 152 valence electrons. The number of rotatable bonds is 6. The van der Waals surface area contributed by atoms with Crippen molar-refractivity contribution in [1.82, 2.24) is 15.5 Å². The Morgan fingerprint density at radius 3 is 2.48 bits per heavy atom. The van der Waals surface area contributed by atoms with Crippen molar-refractivity contribution in [2.75, 3.05) is 33.3 Å². The molecule has 1 amide bonds. The molecule has 0 spiro atoms. The lowest BCUT2D eigenvalue weighted by molar-refractivity contribution is 0.0963. The fourth-order valence-corrected chi connectivity index (χ4v) is 3.25. The van der Waals surface area contributed by atoms with Crippen LogP contribution in [0.5, 0.6) is 0 Å². The van der Waals surface area contributed by atoms with Crippen LogP contribution in [0, 0.1) is 0 Å². The van der Waals surface area contributed by atoms with Crippen molar-refractivity contribution in [2.45, 2.75) is 45.1 Å². The standard InChI is InChI=1S/C20H32N4O2.HI/c1-4-16(17-9-7-6-8-10-17)15-22-19(21-3)23-18-11-13-24(14-12-18)20(25)26-5-2;/h6-10,16,18H,4-5,11-15H2,1-3H3,(H2,21,22,23);1H. The average Bonchev–Trinajstić information content (AvgIpc) is 2.69. The van der Waals surface area contributed by atoms with Crippen molar-refractivity contribution in [3.05, 3.63) is 35.9 Å². The Morgan fingerprint density at radius 2 is 1.93 bits per heavy atom. The normalized spacial score (nSPS) is 16.3. The smallest absolute Gasteiger partial charge is 0.409 e. The molecule has 1 heterocycles. The van der Waals surface area contributed by atoms with Crippen molar-refractivity contribution in [2.24, 2.45) is 4.99 Å². The quantitative estimate of drug-likeness (QED) is 0.365. The molecule has 27 heavy (non-hydrogen) atoms. The predicted octanol–water partition coefficient (Wildman–Crippen LogP) is 3.58. The summed E-state index contributed by atoms with van der Waals surface area (Å²) in [6, 6.07) is 10.9. The Labute approximate surface area is 180 Å². The summed E-state index contributed by atoms with van der Waals surface area (Å²) in [5, 5.41) is 6.94. The van der Waals surface area contributed by atoms with E-state index < -0.39 is 0 Å². The molecule has 1 aromatic carbocycles. The van der Waals surface area contributed by atoms with E-state index in [-0.39, 0.29) is 30.1 Å². The van der Waals surface area contributed by atoms with Crippen LogP contribution in [0.15, 0.2) is 35.3 Å². The first-order chi connectivity index (χ1) is 12.7. The fourth-order valence-electron chi connectivity index (χ4n) is 3.25. The number of hydrogen-bond acceptors (Lipinski definition) is 3. The van der Waals surface area contributed by atoms with Gasteiger partial charge in [0, 0.05) is 38.6 Å². The van der Waals surface area contributed by atoms with Gasteiger partial charge >= 0.3 is 6.09 Å². The first kappa shape index (κ1) is 23.5. The van der Waals surface area contributed by atoms with Gasteiger partial charge in [-0.25, -0.2) is 4.79 Å². The number of likely N-dealkylation sites (tertiary alicyclic amines) is 1. The summed E-state index contributed by atoms with van der Waals surface area (Å²) in [5.74, 6) is 1.29. The van der Waals surface area contributed by atoms with Gasteiger partial charge in [0.1, 0.15) is 0 Å². The van der Waals surface area contributed by atoms with Crippen LogP contribution in [-0.2, 0) is 4.74 Å². The molecule has 1 unspecified atom stereocenters. The van der Waals surface area contributed by atoms with E-state index >= 15 is 0 Å². The highest BCUT2D eigenvalue weighted by molar-refractivity contribution is 14.0. The maximum atomic E-state index is 11.8. The van der Waals surface area contributed by atoms with Gasteiger partial charge in [0.15, 0.2) is 5.96 Å². The van der Waals surface area contributed by atoms with Gasteiger partial charge in [0.2, 0.25) is 0 Å². The lowest BCUT2D eigenvalue weighted by Crippen LogP contribution is -2.50. The Morgan fingerprint density at radius 1 is 1.26 bits per heavy atom. The highest BCUT2D eigenvalue weighted by Crippen LogP contribution is 2.18. The van der Waals surface area contributed by atoms with E-state index in [9.17, 15) is 4.79 Å². The van der Waals surface area contributed by atoms with Gasteiger partial charge in [-0.15, -0.1) is 24.0 Å². The molecule has 0 saturated carbocycles. The summed E-state index contributed by atoms with van der Waals surface area (Å²) in [6.07, 6.45) is 2.67. The second kappa shape index (κ2) is 12.8. The molecule has 1 atom stereocenters. The molecular weight excluding hydrogens is 455 g/mol. The van der Waals surface area contributed by atoms with Crippen LogP contribution in [0.2, 0.25) is 0 Å². The molecule has 0 bridgehead atoms. The Balaban J connectivity index is 0.00000364. The molecule has 0 aliphatic carbocycles. The van der Waals surface area contributed by atoms with Crippen LogP contribution < -0.4 is 10.6 Å². The minimum absolute atomic E-state index is 0. The molecule has 1 aliphatic rings. The maximum Gasteiger partial charge on any atom is 0.409 e. The van der Waals surface area contributed by atoms with E-state index in [0.29, 0.717) is 18.6 Å². The number of carbonyl (C=O) groups is 1. The third kappa shape index (κ3) is 7.56. The number of amides is 1. The molecular formula is C20H33IN4O2. The first-order valence-corrected chi connectivity index (χ1v) is 9.61. The molecule has 1 fully saturated rings. The van der Waals surface area contributed by atoms with Gasteiger partial charge in [-0.1, -0.05) is 37.3 Å². The summed E-state index contributed by atoms with van der Waals surface area (Å²) >= 11 is 0. The highest BCUT2D eigenvalue weighted by Gasteiger charge is 2.24.